The monoisotopic (exact) mass is 204 g/mol. The summed E-state index contributed by atoms with van der Waals surface area (Å²) in [6.07, 6.45) is 0.997. The fourth-order valence-corrected chi connectivity index (χ4v) is 1.96. The van der Waals surface area contributed by atoms with Crippen LogP contribution >= 0.6 is 0 Å². The van der Waals surface area contributed by atoms with Crippen LogP contribution in [0.4, 0.5) is 5.69 Å². The maximum Gasteiger partial charge on any atom is 0.216 e. The maximum absolute atomic E-state index is 10.8. The first-order valence-corrected chi connectivity index (χ1v) is 5.25. The molecule has 1 aliphatic rings. The van der Waals surface area contributed by atoms with Gasteiger partial charge in [0, 0.05) is 25.2 Å². The van der Waals surface area contributed by atoms with Gasteiger partial charge in [-0.2, -0.15) is 0 Å². The van der Waals surface area contributed by atoms with E-state index in [2.05, 4.69) is 35.8 Å². The highest BCUT2D eigenvalue weighted by molar-refractivity contribution is 5.73. The quantitative estimate of drug-likeness (QED) is 0.766. The minimum absolute atomic E-state index is 0.0314. The summed E-state index contributed by atoms with van der Waals surface area (Å²) in [5, 5.41) is 6.24. The average molecular weight is 204 g/mol. The standard InChI is InChI=1S/C12H16N2O/c1-8-3-4-12-10(5-8)6-11(14-12)7-13-9(2)15/h3-5,11,14H,6-7H2,1-2H3,(H,13,15). The summed E-state index contributed by atoms with van der Waals surface area (Å²) < 4.78 is 0. The zero-order valence-corrected chi connectivity index (χ0v) is 9.13. The molecule has 2 N–H and O–H groups in total. The third-order valence-corrected chi connectivity index (χ3v) is 2.68. The van der Waals surface area contributed by atoms with Crippen molar-refractivity contribution in [3.05, 3.63) is 29.3 Å². The van der Waals surface area contributed by atoms with Crippen molar-refractivity contribution in [2.75, 3.05) is 11.9 Å². The second-order valence-electron chi connectivity index (χ2n) is 4.14. The third kappa shape index (κ3) is 2.29. The van der Waals surface area contributed by atoms with Gasteiger partial charge in [-0.25, -0.2) is 0 Å². The number of hydrogen-bond acceptors (Lipinski definition) is 2. The number of benzene rings is 1. The van der Waals surface area contributed by atoms with E-state index in [-0.39, 0.29) is 5.91 Å². The van der Waals surface area contributed by atoms with Gasteiger partial charge in [0.25, 0.3) is 0 Å². The molecule has 0 bridgehead atoms. The molecule has 0 saturated carbocycles. The van der Waals surface area contributed by atoms with Crippen LogP contribution in [0.5, 0.6) is 0 Å². The van der Waals surface area contributed by atoms with Gasteiger partial charge in [-0.15, -0.1) is 0 Å². The summed E-state index contributed by atoms with van der Waals surface area (Å²) >= 11 is 0. The number of hydrogen-bond donors (Lipinski definition) is 2. The molecule has 80 valence electrons. The topological polar surface area (TPSA) is 41.1 Å². The van der Waals surface area contributed by atoms with E-state index in [0.29, 0.717) is 12.6 Å². The van der Waals surface area contributed by atoms with Crippen LogP contribution in [0.1, 0.15) is 18.1 Å². The van der Waals surface area contributed by atoms with Gasteiger partial charge in [-0.1, -0.05) is 17.7 Å². The van der Waals surface area contributed by atoms with E-state index in [1.54, 1.807) is 6.92 Å². The average Bonchev–Trinajstić information content (AvgIpc) is 2.56. The van der Waals surface area contributed by atoms with Gasteiger partial charge in [0.15, 0.2) is 0 Å². The Bertz CT molecular complexity index is 387. The smallest absolute Gasteiger partial charge is 0.216 e. The predicted octanol–water partition coefficient (Wildman–Crippen LogP) is 1.47. The molecular weight excluding hydrogens is 188 g/mol. The van der Waals surface area contributed by atoms with Crippen LogP contribution in [0.3, 0.4) is 0 Å². The van der Waals surface area contributed by atoms with Crippen molar-refractivity contribution in [3.63, 3.8) is 0 Å². The Morgan fingerprint density at radius 2 is 2.40 bits per heavy atom. The number of carbonyl (C=O) groups excluding carboxylic acids is 1. The number of amides is 1. The normalized spacial score (nSPS) is 18.1. The van der Waals surface area contributed by atoms with Gasteiger partial charge in [0.1, 0.15) is 0 Å². The van der Waals surface area contributed by atoms with Gasteiger partial charge in [-0.05, 0) is 25.0 Å². The van der Waals surface area contributed by atoms with E-state index in [0.717, 1.165) is 6.42 Å². The van der Waals surface area contributed by atoms with Gasteiger partial charge in [-0.3, -0.25) is 4.79 Å². The summed E-state index contributed by atoms with van der Waals surface area (Å²) in [6, 6.07) is 6.76. The van der Waals surface area contributed by atoms with Gasteiger partial charge >= 0.3 is 0 Å². The summed E-state index contributed by atoms with van der Waals surface area (Å²) in [4.78, 5) is 10.8. The minimum atomic E-state index is 0.0314. The molecule has 1 aromatic rings. The molecule has 1 unspecified atom stereocenters. The largest absolute Gasteiger partial charge is 0.380 e. The van der Waals surface area contributed by atoms with Crippen LogP contribution in [0, 0.1) is 6.92 Å². The Kier molecular flexibility index (Phi) is 2.62. The Balaban J connectivity index is 2.00. The molecule has 1 atom stereocenters. The molecule has 3 heteroatoms. The lowest BCUT2D eigenvalue weighted by atomic mass is 10.1. The van der Waals surface area contributed by atoms with E-state index in [9.17, 15) is 4.79 Å². The molecule has 3 nitrogen and oxygen atoms in total. The summed E-state index contributed by atoms with van der Waals surface area (Å²) in [6.45, 7) is 4.34. The molecule has 0 fully saturated rings. The molecular formula is C12H16N2O. The van der Waals surface area contributed by atoms with Crippen LogP contribution in [0.2, 0.25) is 0 Å². The fourth-order valence-electron chi connectivity index (χ4n) is 1.96. The summed E-state index contributed by atoms with van der Waals surface area (Å²) in [7, 11) is 0. The van der Waals surface area contributed by atoms with E-state index < -0.39 is 0 Å². The van der Waals surface area contributed by atoms with Crippen LogP contribution in [-0.2, 0) is 11.2 Å². The zero-order valence-electron chi connectivity index (χ0n) is 9.13. The first-order valence-electron chi connectivity index (χ1n) is 5.25. The molecule has 1 aliphatic heterocycles. The molecule has 0 saturated heterocycles. The highest BCUT2D eigenvalue weighted by Crippen LogP contribution is 2.26. The Hall–Kier alpha value is -1.51. The molecule has 0 radical (unpaired) electrons. The van der Waals surface area contributed by atoms with Crippen molar-refractivity contribution in [2.24, 2.45) is 0 Å². The van der Waals surface area contributed by atoms with Crippen molar-refractivity contribution in [1.29, 1.82) is 0 Å². The molecule has 2 rings (SSSR count). The first-order chi connectivity index (χ1) is 7.15. The van der Waals surface area contributed by atoms with Gasteiger partial charge in [0.2, 0.25) is 5.91 Å². The first kappa shape index (κ1) is 10.0. The summed E-state index contributed by atoms with van der Waals surface area (Å²) in [5.41, 5.74) is 3.84. The molecule has 15 heavy (non-hydrogen) atoms. The van der Waals surface area contributed by atoms with Crippen LogP contribution < -0.4 is 10.6 Å². The number of fused-ring (bicyclic) bond motifs is 1. The predicted molar refractivity (Wildman–Crippen MR) is 61.0 cm³/mol. The number of nitrogens with one attached hydrogen (secondary N) is 2. The van der Waals surface area contributed by atoms with Gasteiger partial charge in [0.05, 0.1) is 0 Å². The fraction of sp³-hybridized carbons (Fsp3) is 0.417. The number of anilines is 1. The van der Waals surface area contributed by atoms with Crippen LogP contribution in [0.15, 0.2) is 18.2 Å². The van der Waals surface area contributed by atoms with E-state index >= 15 is 0 Å². The molecule has 0 aromatic heterocycles. The lowest BCUT2D eigenvalue weighted by molar-refractivity contribution is -0.118. The molecule has 1 heterocycles. The number of rotatable bonds is 2. The lowest BCUT2D eigenvalue weighted by Crippen LogP contribution is -2.33. The van der Waals surface area contributed by atoms with Crippen molar-refractivity contribution >= 4 is 11.6 Å². The maximum atomic E-state index is 10.8. The van der Waals surface area contributed by atoms with E-state index in [1.165, 1.54) is 16.8 Å². The van der Waals surface area contributed by atoms with E-state index in [4.69, 9.17) is 0 Å². The SMILES string of the molecule is CC(=O)NCC1Cc2cc(C)ccc2N1. The van der Waals surface area contributed by atoms with Crippen molar-refractivity contribution < 1.29 is 4.79 Å². The van der Waals surface area contributed by atoms with E-state index in [1.807, 2.05) is 0 Å². The third-order valence-electron chi connectivity index (χ3n) is 2.68. The number of aryl methyl sites for hydroxylation is 1. The molecule has 0 spiro atoms. The van der Waals surface area contributed by atoms with Crippen LogP contribution in [-0.4, -0.2) is 18.5 Å². The second-order valence-corrected chi connectivity index (χ2v) is 4.14. The van der Waals surface area contributed by atoms with Crippen LogP contribution in [0.25, 0.3) is 0 Å². The number of carbonyl (C=O) groups is 1. The van der Waals surface area contributed by atoms with Crippen molar-refractivity contribution in [2.45, 2.75) is 26.3 Å². The van der Waals surface area contributed by atoms with Crippen molar-refractivity contribution in [3.8, 4) is 0 Å². The molecule has 0 aliphatic carbocycles. The minimum Gasteiger partial charge on any atom is -0.380 e. The van der Waals surface area contributed by atoms with Crippen molar-refractivity contribution in [1.82, 2.24) is 5.32 Å². The highest BCUT2D eigenvalue weighted by atomic mass is 16.1. The summed E-state index contributed by atoms with van der Waals surface area (Å²) in [5.74, 6) is 0.0314. The highest BCUT2D eigenvalue weighted by Gasteiger charge is 2.19. The second kappa shape index (κ2) is 3.93. The Labute approximate surface area is 89.9 Å². The van der Waals surface area contributed by atoms with Gasteiger partial charge < -0.3 is 10.6 Å². The molecule has 1 aromatic carbocycles. The zero-order chi connectivity index (χ0) is 10.8. The Morgan fingerprint density at radius 3 is 3.13 bits per heavy atom. The lowest BCUT2D eigenvalue weighted by Gasteiger charge is -2.10. The molecule has 1 amide bonds. The Morgan fingerprint density at radius 1 is 1.60 bits per heavy atom.